The fourth-order valence-electron chi connectivity index (χ4n) is 2.00. The van der Waals surface area contributed by atoms with E-state index >= 15 is 0 Å². The molecule has 1 amide bonds. The number of aromatic amines is 1. The molecule has 4 nitrogen and oxygen atoms in total. The maximum absolute atomic E-state index is 12.3. The van der Waals surface area contributed by atoms with E-state index in [9.17, 15) is 4.79 Å². The Kier molecular flexibility index (Phi) is 5.22. The topological polar surface area (TPSA) is 57.8 Å². The third-order valence-electron chi connectivity index (χ3n) is 3.22. The lowest BCUT2D eigenvalue weighted by Crippen LogP contribution is -2.27. The van der Waals surface area contributed by atoms with Crippen LogP contribution in [0.5, 0.6) is 0 Å². The van der Waals surface area contributed by atoms with Crippen molar-refractivity contribution in [2.45, 2.75) is 32.7 Å². The van der Waals surface area contributed by atoms with Gasteiger partial charge in [-0.3, -0.25) is 9.89 Å². The first-order valence-electron chi connectivity index (χ1n) is 6.70. The van der Waals surface area contributed by atoms with Crippen molar-refractivity contribution in [3.63, 3.8) is 0 Å². The minimum absolute atomic E-state index is 0.0962. The van der Waals surface area contributed by atoms with Gasteiger partial charge in [0.1, 0.15) is 0 Å². The van der Waals surface area contributed by atoms with Crippen LogP contribution in [0.15, 0.2) is 33.2 Å². The highest BCUT2D eigenvalue weighted by Crippen LogP contribution is 2.26. The molecule has 0 aliphatic heterocycles. The summed E-state index contributed by atoms with van der Waals surface area (Å²) in [5, 5.41) is 9.98. The van der Waals surface area contributed by atoms with Gasteiger partial charge in [-0.05, 0) is 46.5 Å². The fraction of sp³-hybridized carbons (Fsp3) is 0.333. The Morgan fingerprint density at radius 2 is 2.00 bits per heavy atom. The summed E-state index contributed by atoms with van der Waals surface area (Å²) in [6.07, 6.45) is 0. The van der Waals surface area contributed by atoms with E-state index in [1.807, 2.05) is 45.0 Å². The summed E-state index contributed by atoms with van der Waals surface area (Å²) in [5.41, 5.74) is 2.35. The number of carbonyl (C=O) groups is 1. The molecule has 2 rings (SSSR count). The van der Waals surface area contributed by atoms with Crippen molar-refractivity contribution in [1.29, 1.82) is 0 Å². The van der Waals surface area contributed by atoms with Crippen LogP contribution in [0.1, 0.15) is 54.5 Å². The largest absolute Gasteiger partial charge is 0.344 e. The number of rotatable bonds is 4. The van der Waals surface area contributed by atoms with Gasteiger partial charge in [-0.15, -0.1) is 0 Å². The second kappa shape index (κ2) is 6.75. The first-order valence-corrected chi connectivity index (χ1v) is 8.28. The number of benzene rings is 1. The number of hydrogen-bond acceptors (Lipinski definition) is 2. The highest BCUT2D eigenvalue weighted by molar-refractivity contribution is 9.10. The molecule has 0 aliphatic carbocycles. The maximum atomic E-state index is 12.3. The van der Waals surface area contributed by atoms with Gasteiger partial charge in [0.15, 0.2) is 5.69 Å². The Morgan fingerprint density at radius 1 is 1.29 bits per heavy atom. The minimum Gasteiger partial charge on any atom is -0.344 e. The predicted molar refractivity (Wildman–Crippen MR) is 90.4 cm³/mol. The highest BCUT2D eigenvalue weighted by atomic mass is 79.9. The number of hydrogen-bond donors (Lipinski definition) is 2. The number of H-pyrrole nitrogens is 1. The monoisotopic (exact) mass is 413 g/mol. The molecule has 21 heavy (non-hydrogen) atoms. The molecule has 1 unspecified atom stereocenters. The van der Waals surface area contributed by atoms with Crippen molar-refractivity contribution in [3.8, 4) is 0 Å². The van der Waals surface area contributed by atoms with E-state index in [0.29, 0.717) is 5.69 Å². The van der Waals surface area contributed by atoms with Crippen LogP contribution in [0.2, 0.25) is 0 Å². The molecular formula is C15H17Br2N3O. The molecule has 0 saturated heterocycles. The smallest absolute Gasteiger partial charge is 0.273 e. The lowest BCUT2D eigenvalue weighted by atomic mass is 10.1. The van der Waals surface area contributed by atoms with E-state index < -0.39 is 0 Å². The lowest BCUT2D eigenvalue weighted by Gasteiger charge is -2.14. The highest BCUT2D eigenvalue weighted by Gasteiger charge is 2.20. The average molecular weight is 415 g/mol. The van der Waals surface area contributed by atoms with Gasteiger partial charge in [0.25, 0.3) is 5.91 Å². The summed E-state index contributed by atoms with van der Waals surface area (Å²) in [6.45, 7) is 6.04. The Bertz CT molecular complexity index is 652. The first kappa shape index (κ1) is 16.2. The van der Waals surface area contributed by atoms with Crippen LogP contribution < -0.4 is 5.32 Å². The van der Waals surface area contributed by atoms with Gasteiger partial charge < -0.3 is 5.32 Å². The molecular weight excluding hydrogens is 398 g/mol. The molecule has 0 saturated carbocycles. The second-order valence-corrected chi connectivity index (χ2v) is 6.91. The summed E-state index contributed by atoms with van der Waals surface area (Å²) in [6, 6.07) is 7.78. The molecule has 1 aromatic carbocycles. The van der Waals surface area contributed by atoms with E-state index in [4.69, 9.17) is 0 Å². The summed E-state index contributed by atoms with van der Waals surface area (Å²) >= 11 is 6.88. The van der Waals surface area contributed by atoms with Crippen molar-refractivity contribution in [3.05, 3.63) is 50.2 Å². The summed E-state index contributed by atoms with van der Waals surface area (Å²) in [7, 11) is 0. The molecule has 0 radical (unpaired) electrons. The Morgan fingerprint density at radius 3 is 2.57 bits per heavy atom. The van der Waals surface area contributed by atoms with E-state index in [0.717, 1.165) is 20.2 Å². The maximum Gasteiger partial charge on any atom is 0.273 e. The van der Waals surface area contributed by atoms with E-state index in [-0.39, 0.29) is 17.9 Å². The molecule has 2 aromatic rings. The van der Waals surface area contributed by atoms with Crippen molar-refractivity contribution in [1.82, 2.24) is 15.5 Å². The van der Waals surface area contributed by atoms with Gasteiger partial charge >= 0.3 is 0 Å². The molecule has 112 valence electrons. The zero-order chi connectivity index (χ0) is 15.6. The second-order valence-electron chi connectivity index (χ2n) is 5.20. The fourth-order valence-corrected chi connectivity index (χ4v) is 3.23. The third kappa shape index (κ3) is 3.74. The number of halogens is 2. The SMILES string of the molecule is CC(C)c1[nH]nc(C(=O)NC(C)c2cccc(Br)c2)c1Br. The normalized spacial score (nSPS) is 12.5. The Labute approximate surface area is 141 Å². The molecule has 0 spiro atoms. The lowest BCUT2D eigenvalue weighted by molar-refractivity contribution is 0.0934. The van der Waals surface area contributed by atoms with Gasteiger partial charge in [-0.1, -0.05) is 41.9 Å². The van der Waals surface area contributed by atoms with Crippen LogP contribution in [0.4, 0.5) is 0 Å². The minimum atomic E-state index is -0.197. The molecule has 6 heteroatoms. The Hall–Kier alpha value is -1.14. The Balaban J connectivity index is 2.15. The summed E-state index contributed by atoms with van der Waals surface area (Å²) in [5.74, 6) is 0.0772. The molecule has 1 heterocycles. The molecule has 2 N–H and O–H groups in total. The predicted octanol–water partition coefficient (Wildman–Crippen LogP) is 4.55. The standard InChI is InChI=1S/C15H17Br2N3O/c1-8(2)13-12(17)14(20-19-13)15(21)18-9(3)10-5-4-6-11(16)7-10/h4-9H,1-3H3,(H,18,21)(H,19,20). The van der Waals surface area contributed by atoms with Crippen molar-refractivity contribution in [2.75, 3.05) is 0 Å². The molecule has 0 aliphatic rings. The quantitative estimate of drug-likeness (QED) is 0.770. The van der Waals surface area contributed by atoms with Gasteiger partial charge in [0.05, 0.1) is 16.2 Å². The van der Waals surface area contributed by atoms with Gasteiger partial charge in [-0.25, -0.2) is 0 Å². The number of carbonyl (C=O) groups excluding carboxylic acids is 1. The first-order chi connectivity index (χ1) is 9.90. The van der Waals surface area contributed by atoms with E-state index in [1.165, 1.54) is 0 Å². The number of nitrogens with one attached hydrogen (secondary N) is 2. The summed E-state index contributed by atoms with van der Waals surface area (Å²) in [4.78, 5) is 12.3. The van der Waals surface area contributed by atoms with Crippen LogP contribution in [-0.4, -0.2) is 16.1 Å². The van der Waals surface area contributed by atoms with E-state index in [2.05, 4.69) is 47.4 Å². The molecule has 1 atom stereocenters. The number of nitrogens with zero attached hydrogens (tertiary/aromatic N) is 1. The van der Waals surface area contributed by atoms with Gasteiger partial charge in [-0.2, -0.15) is 5.10 Å². The number of amides is 1. The van der Waals surface area contributed by atoms with Crippen LogP contribution in [0, 0.1) is 0 Å². The van der Waals surface area contributed by atoms with Crippen LogP contribution in [-0.2, 0) is 0 Å². The van der Waals surface area contributed by atoms with Gasteiger partial charge in [0, 0.05) is 4.47 Å². The molecule has 1 aromatic heterocycles. The average Bonchev–Trinajstić information content (AvgIpc) is 2.80. The zero-order valence-corrected chi connectivity index (χ0v) is 15.2. The van der Waals surface area contributed by atoms with Gasteiger partial charge in [0.2, 0.25) is 0 Å². The molecule has 0 fully saturated rings. The van der Waals surface area contributed by atoms with Crippen molar-refractivity contribution >= 4 is 37.8 Å². The molecule has 0 bridgehead atoms. The van der Waals surface area contributed by atoms with Crippen LogP contribution >= 0.6 is 31.9 Å². The zero-order valence-electron chi connectivity index (χ0n) is 12.1. The van der Waals surface area contributed by atoms with Crippen molar-refractivity contribution in [2.24, 2.45) is 0 Å². The summed E-state index contributed by atoms with van der Waals surface area (Å²) < 4.78 is 1.72. The van der Waals surface area contributed by atoms with Crippen LogP contribution in [0.25, 0.3) is 0 Å². The number of aromatic nitrogens is 2. The van der Waals surface area contributed by atoms with E-state index in [1.54, 1.807) is 0 Å². The van der Waals surface area contributed by atoms with Crippen LogP contribution in [0.3, 0.4) is 0 Å². The van der Waals surface area contributed by atoms with Crippen molar-refractivity contribution < 1.29 is 4.79 Å². The third-order valence-corrected chi connectivity index (χ3v) is 4.52.